The predicted molar refractivity (Wildman–Crippen MR) is 307 cm³/mol. The second kappa shape index (κ2) is 26.8. The Morgan fingerprint density at radius 2 is 1.33 bits per heavy atom. The van der Waals surface area contributed by atoms with E-state index in [1.807, 2.05) is 53.9 Å². The van der Waals surface area contributed by atoms with E-state index in [4.69, 9.17) is 51.2 Å². The smallest absolute Gasteiger partial charge is 0.308 e. The molecule has 0 aromatic heterocycles. The largest absolute Gasteiger partial charge is 0.462 e. The highest BCUT2D eigenvalue weighted by Crippen LogP contribution is 2.46. The Morgan fingerprint density at radius 1 is 0.733 bits per heavy atom. The topological polar surface area (TPSA) is 142 Å². The molecule has 2 bridgehead atoms. The van der Waals surface area contributed by atoms with Gasteiger partial charge in [-0.25, -0.2) is 0 Å². The third kappa shape index (κ3) is 17.8. The van der Waals surface area contributed by atoms with Gasteiger partial charge < -0.3 is 61.2 Å². The van der Waals surface area contributed by atoms with E-state index in [0.29, 0.717) is 25.9 Å². The molecule has 4 heterocycles. The highest BCUT2D eigenvalue weighted by Gasteiger charge is 2.56. The van der Waals surface area contributed by atoms with Crippen molar-refractivity contribution in [1.29, 1.82) is 0 Å². The van der Waals surface area contributed by atoms with Gasteiger partial charge in [-0.05, 0) is 121 Å². The number of methoxy groups -OCH3 is 1. The molecule has 0 radical (unpaired) electrons. The average Bonchev–Trinajstić information content (AvgIpc) is 3.36. The number of aliphatic hydroxyl groups is 1. The zero-order valence-corrected chi connectivity index (χ0v) is 54.7. The molecule has 4 rings (SSSR count). The fraction of sp³-hybridized carbons (Fsp3) is 0.914. The first-order valence-corrected chi connectivity index (χ1v) is 37.5. The van der Waals surface area contributed by atoms with Gasteiger partial charge in [0.2, 0.25) is 0 Å². The molecule has 4 aliphatic heterocycles. The molecule has 0 spiro atoms. The monoisotopic (exact) mass is 1110 g/mol. The van der Waals surface area contributed by atoms with Crippen molar-refractivity contribution < 1.29 is 61.1 Å². The number of carbonyl (C=O) groups excluding carboxylic acids is 1. The Morgan fingerprint density at radius 3 is 1.89 bits per heavy atom. The fourth-order valence-electron chi connectivity index (χ4n) is 10.2. The minimum Gasteiger partial charge on any atom is -0.462 e. The minimum absolute atomic E-state index is 0.00783. The van der Waals surface area contributed by atoms with Gasteiger partial charge in [-0.1, -0.05) is 113 Å². The number of cyclic esters (lactones) is 1. The van der Waals surface area contributed by atoms with E-state index < -0.39 is 104 Å². The molecule has 0 saturated carbocycles. The van der Waals surface area contributed by atoms with Crippen molar-refractivity contribution in [1.82, 2.24) is 4.90 Å². The number of allylic oxidation sites excluding steroid dienone is 2. The van der Waals surface area contributed by atoms with E-state index in [1.165, 1.54) is 0 Å². The molecule has 0 aromatic carbocycles. The maximum absolute atomic E-state index is 14.1. The summed E-state index contributed by atoms with van der Waals surface area (Å²) in [6.07, 6.45) is 5.43. The third-order valence-corrected chi connectivity index (χ3v) is 31.3. The van der Waals surface area contributed by atoms with Crippen LogP contribution in [0.2, 0.25) is 54.4 Å². The number of nitrogens with zero attached hydrogens (tertiary/aromatic N) is 1. The summed E-state index contributed by atoms with van der Waals surface area (Å²) in [4.78, 5) is 16.3. The SMILES string of the molecule is CCCCCO[C@@H]1[C@@H](C)O[C@H](O[C@@H]2[C@@H](N(C)C)[C@H](O[Si](C)(C)C(C)(C)C)[C@@H](O[C@H]3[C@H]4CC(O[Si](C)(C)C(C)(C)C)O[C@H](CC(=O)O[C@H](C)C/C=C/C=C/[C@H](O[Si](C)(C)C(C)(C)C)[C@H](C)C4)[C@@H]3OC)O[C@H]2C)C[C@]1(C)O. The standard InChI is InChI=1S/C58H111NO13Si3/c1-25-26-30-33-63-53-41(5)65-47(37-58(53,15)61)68-49-40(4)66-54(52(48(49)59(16)17)72-75(23,24)57(12,13)14)69-50-42-34-38(2)43(70-73(19,20)55(6,7)8)32-29-27-28-31-39(3)64-45(60)36-44(51(50)62-18)67-46(35-42)71-74(21,22)56(9,10)11/h27-29,32,38-44,46-54,61H,25-26,30-31,33-37H2,1-24H3/b28-27+,32-29+/t38-,39-,40+,41-,42-,43+,44-,46?,47-,48-,49+,50+,51+,52+,53-,54-,58+/m1/s1. The molecule has 0 aromatic rings. The first kappa shape index (κ1) is 66.6. The summed E-state index contributed by atoms with van der Waals surface area (Å²) in [5.74, 6) is -0.613. The molecular formula is C58H111NO13Si3. The van der Waals surface area contributed by atoms with Crippen LogP contribution in [0, 0.1) is 11.8 Å². The summed E-state index contributed by atoms with van der Waals surface area (Å²) in [7, 11) is -1.55. The number of likely N-dealkylation sites (N-methyl/N-ethyl adjacent to an activating group) is 1. The van der Waals surface area contributed by atoms with Gasteiger partial charge in [-0.2, -0.15) is 0 Å². The lowest BCUT2D eigenvalue weighted by Gasteiger charge is -2.53. The highest BCUT2D eigenvalue weighted by molar-refractivity contribution is 6.75. The van der Waals surface area contributed by atoms with Crippen molar-refractivity contribution in [3.05, 3.63) is 24.3 Å². The van der Waals surface area contributed by atoms with Crippen LogP contribution >= 0.6 is 0 Å². The molecule has 3 saturated heterocycles. The number of carbonyl (C=O) groups is 1. The lowest BCUT2D eigenvalue weighted by molar-refractivity contribution is -0.343. The average molecular weight is 1110 g/mol. The molecule has 3 fully saturated rings. The van der Waals surface area contributed by atoms with Gasteiger partial charge in [0.1, 0.15) is 36.8 Å². The summed E-state index contributed by atoms with van der Waals surface area (Å²) in [5.41, 5.74) is -1.20. The zero-order valence-electron chi connectivity index (χ0n) is 51.7. The summed E-state index contributed by atoms with van der Waals surface area (Å²) in [6, 6.07) is -0.395. The Kier molecular flexibility index (Phi) is 23.8. The molecule has 17 heteroatoms. The second-order valence-corrected chi connectivity index (χ2v) is 42.1. The molecule has 4 aliphatic rings. The fourth-order valence-corrected chi connectivity index (χ4v) is 14.0. The quantitative estimate of drug-likeness (QED) is 0.0838. The van der Waals surface area contributed by atoms with E-state index in [1.54, 1.807) is 7.11 Å². The number of unbranched alkanes of at least 4 members (excludes halogenated alkanes) is 2. The molecule has 0 aliphatic carbocycles. The molecule has 75 heavy (non-hydrogen) atoms. The van der Waals surface area contributed by atoms with Gasteiger partial charge in [-0.15, -0.1) is 0 Å². The van der Waals surface area contributed by atoms with Crippen LogP contribution in [0.15, 0.2) is 24.3 Å². The van der Waals surface area contributed by atoms with Crippen molar-refractivity contribution >= 4 is 30.9 Å². The molecule has 1 N–H and O–H groups in total. The van der Waals surface area contributed by atoms with Crippen molar-refractivity contribution in [2.24, 2.45) is 11.8 Å². The van der Waals surface area contributed by atoms with E-state index in [0.717, 1.165) is 19.3 Å². The van der Waals surface area contributed by atoms with Crippen LogP contribution in [-0.4, -0.2) is 160 Å². The van der Waals surface area contributed by atoms with Gasteiger partial charge in [-0.3, -0.25) is 4.79 Å². The van der Waals surface area contributed by atoms with E-state index in [9.17, 15) is 9.90 Å². The van der Waals surface area contributed by atoms with Crippen molar-refractivity contribution in [3.63, 3.8) is 0 Å². The molecule has 14 nitrogen and oxygen atoms in total. The summed E-state index contributed by atoms with van der Waals surface area (Å²) in [6.45, 7) is 46.5. The maximum Gasteiger partial charge on any atom is 0.308 e. The van der Waals surface area contributed by atoms with Crippen LogP contribution in [-0.2, 0) is 56.0 Å². The van der Waals surface area contributed by atoms with E-state index >= 15 is 0 Å². The first-order chi connectivity index (χ1) is 34.4. The predicted octanol–water partition coefficient (Wildman–Crippen LogP) is 12.3. The number of hydrogen-bond acceptors (Lipinski definition) is 14. The number of rotatable bonds is 17. The Labute approximate surface area is 460 Å². The van der Waals surface area contributed by atoms with Gasteiger partial charge in [0.15, 0.2) is 37.5 Å². The van der Waals surface area contributed by atoms with E-state index in [-0.39, 0.29) is 58.0 Å². The summed E-state index contributed by atoms with van der Waals surface area (Å²) >= 11 is 0. The van der Waals surface area contributed by atoms with Crippen LogP contribution in [0.4, 0.5) is 0 Å². The molecule has 438 valence electrons. The maximum atomic E-state index is 14.1. The van der Waals surface area contributed by atoms with E-state index in [2.05, 4.69) is 132 Å². The van der Waals surface area contributed by atoms with Gasteiger partial charge >= 0.3 is 5.97 Å². The number of esters is 1. The Hall–Kier alpha value is -0.879. The lowest BCUT2D eigenvalue weighted by Crippen LogP contribution is -2.68. The Balaban J connectivity index is 1.91. The Bertz CT molecular complexity index is 1820. The van der Waals surface area contributed by atoms with Crippen LogP contribution in [0.1, 0.15) is 155 Å². The number of ether oxygens (including phenoxy) is 8. The molecular weight excluding hydrogens is 1000 g/mol. The number of fused-ring (bicyclic) bond motifs is 3. The first-order valence-electron chi connectivity index (χ1n) is 28.7. The van der Waals surface area contributed by atoms with Gasteiger partial charge in [0, 0.05) is 33.0 Å². The van der Waals surface area contributed by atoms with Crippen molar-refractivity contribution in [2.45, 2.75) is 301 Å². The van der Waals surface area contributed by atoms with Crippen LogP contribution < -0.4 is 0 Å². The van der Waals surface area contributed by atoms with Crippen LogP contribution in [0.25, 0.3) is 0 Å². The van der Waals surface area contributed by atoms with Crippen molar-refractivity contribution in [3.8, 4) is 0 Å². The van der Waals surface area contributed by atoms with Gasteiger partial charge in [0.05, 0.1) is 48.6 Å². The lowest BCUT2D eigenvalue weighted by atomic mass is 9.83. The summed E-state index contributed by atoms with van der Waals surface area (Å²) < 4.78 is 76.9. The third-order valence-electron chi connectivity index (χ3n) is 17.9. The van der Waals surface area contributed by atoms with Crippen molar-refractivity contribution in [2.75, 3.05) is 27.8 Å². The van der Waals surface area contributed by atoms with Crippen LogP contribution in [0.3, 0.4) is 0 Å². The zero-order chi connectivity index (χ0) is 56.9. The van der Waals surface area contributed by atoms with Crippen LogP contribution in [0.5, 0.6) is 0 Å². The normalized spacial score (nSPS) is 37.5. The minimum atomic E-state index is -2.59. The molecule has 1 unspecified atom stereocenters. The van der Waals surface area contributed by atoms with Gasteiger partial charge in [0.25, 0.3) is 0 Å². The molecule has 17 atom stereocenters. The summed E-state index contributed by atoms with van der Waals surface area (Å²) in [5, 5.41) is 11.6. The molecule has 0 amide bonds. The highest BCUT2D eigenvalue weighted by atomic mass is 28.4. The number of hydrogen-bond donors (Lipinski definition) is 1. The second-order valence-electron chi connectivity index (χ2n) is 27.8.